The molecular formula is C11H4Br9NO3. The third kappa shape index (κ3) is 8.42. The monoisotopic (exact) mass is 908 g/mol. The number of alkyl halides is 9. The molecule has 1 aromatic heterocycles. The molecule has 13 heteroatoms. The summed E-state index contributed by atoms with van der Waals surface area (Å²) in [6.45, 7) is 0.0306. The summed E-state index contributed by atoms with van der Waals surface area (Å²) in [5, 5.41) is 0. The molecule has 0 fully saturated rings. The smallest absolute Gasteiger partial charge is 0.234 e. The summed E-state index contributed by atoms with van der Waals surface area (Å²) in [6.07, 6.45) is 0. The van der Waals surface area contributed by atoms with Crippen LogP contribution in [0.15, 0.2) is 12.1 Å². The number of hydrogen-bond donors (Lipinski definition) is 0. The Morgan fingerprint density at radius 2 is 1.38 bits per heavy atom. The Morgan fingerprint density at radius 3 is 1.79 bits per heavy atom. The van der Waals surface area contributed by atoms with Crippen molar-refractivity contribution in [2.45, 2.75) is 13.2 Å². The number of ether oxygens (including phenoxy) is 1. The van der Waals surface area contributed by atoms with Gasteiger partial charge in [-0.3, -0.25) is 9.59 Å². The molecule has 24 heavy (non-hydrogen) atoms. The van der Waals surface area contributed by atoms with Crippen molar-refractivity contribution >= 4 is 155 Å². The van der Waals surface area contributed by atoms with Gasteiger partial charge in [0.25, 0.3) is 0 Å². The first kappa shape index (κ1) is 24.8. The number of aromatic nitrogens is 1. The van der Waals surface area contributed by atoms with Crippen molar-refractivity contribution in [3.8, 4) is 0 Å². The molecule has 0 amide bonds. The number of carbonyl (C=O) groups excluding carboxylic acids is 2. The number of hydrogen-bond acceptors (Lipinski definition) is 4. The van der Waals surface area contributed by atoms with Gasteiger partial charge in [-0.05, 0) is 59.9 Å². The second-order valence-electron chi connectivity index (χ2n) is 4.12. The number of Topliss-reactive ketones (excluding diaryl/α,β-unsaturated/α-hetero) is 2. The van der Waals surface area contributed by atoms with Crippen LogP contribution >= 0.6 is 143 Å². The predicted octanol–water partition coefficient (Wildman–Crippen LogP) is 7.44. The molecule has 0 saturated heterocycles. The topological polar surface area (TPSA) is 56.3 Å². The van der Waals surface area contributed by atoms with Gasteiger partial charge >= 0.3 is 0 Å². The van der Waals surface area contributed by atoms with Crippen molar-refractivity contribution in [2.24, 2.45) is 0 Å². The Kier molecular flexibility index (Phi) is 9.83. The standard InChI is InChI=1S/C11H4Br9NO3/c12-9(13,14)7(22)4-1-5(3-24-11(18,19)20)21-6(2-4)8(23)10(15,16)17/h1-2H,3H2. The zero-order valence-electron chi connectivity index (χ0n) is 10.9. The van der Waals surface area contributed by atoms with Crippen molar-refractivity contribution < 1.29 is 14.3 Å². The molecule has 1 heterocycles. The van der Waals surface area contributed by atoms with Crippen molar-refractivity contribution in [3.63, 3.8) is 0 Å². The second-order valence-corrected chi connectivity index (χ2v) is 24.2. The molecule has 0 bridgehead atoms. The predicted molar refractivity (Wildman–Crippen MR) is 126 cm³/mol. The van der Waals surface area contributed by atoms with Crippen molar-refractivity contribution in [3.05, 3.63) is 29.1 Å². The molecule has 0 radical (unpaired) electrons. The SMILES string of the molecule is O=C(c1cc(COC(Br)(Br)Br)nc(C(=O)C(Br)(Br)Br)c1)C(Br)(Br)Br. The van der Waals surface area contributed by atoms with Gasteiger partial charge in [0.05, 0.1) is 12.3 Å². The zero-order chi connectivity index (χ0) is 18.9. The van der Waals surface area contributed by atoms with Gasteiger partial charge in [-0.25, -0.2) is 4.98 Å². The number of rotatable bonds is 4. The van der Waals surface area contributed by atoms with Crippen LogP contribution in [0.5, 0.6) is 0 Å². The van der Waals surface area contributed by atoms with Gasteiger partial charge in [0.2, 0.25) is 13.9 Å². The van der Waals surface area contributed by atoms with Gasteiger partial charge in [-0.2, -0.15) is 0 Å². The summed E-state index contributed by atoms with van der Waals surface area (Å²) >= 11 is 28.6. The maximum absolute atomic E-state index is 12.5. The molecule has 1 aromatic rings. The Balaban J connectivity index is 3.34. The fourth-order valence-electron chi connectivity index (χ4n) is 1.37. The average molecular weight is 917 g/mol. The molecule has 134 valence electrons. The highest BCUT2D eigenvalue weighted by atomic mass is 80.0. The van der Waals surface area contributed by atoms with Gasteiger partial charge in [-0.1, -0.05) is 95.6 Å². The number of ketones is 2. The lowest BCUT2D eigenvalue weighted by Gasteiger charge is -2.17. The molecule has 0 aliphatic heterocycles. The first-order valence-corrected chi connectivity index (χ1v) is 12.7. The van der Waals surface area contributed by atoms with E-state index in [1.165, 1.54) is 12.1 Å². The van der Waals surface area contributed by atoms with E-state index in [0.717, 1.165) is 0 Å². The van der Waals surface area contributed by atoms with Crippen LogP contribution in [0.4, 0.5) is 0 Å². The van der Waals surface area contributed by atoms with E-state index < -0.39 is 12.4 Å². The van der Waals surface area contributed by atoms with E-state index in [0.29, 0.717) is 5.69 Å². The molecule has 1 rings (SSSR count). The van der Waals surface area contributed by atoms with Crippen molar-refractivity contribution in [1.29, 1.82) is 0 Å². The molecule has 0 aromatic carbocycles. The summed E-state index contributed by atoms with van der Waals surface area (Å²) in [7, 11) is 0. The Bertz CT molecular complexity index is 601. The van der Waals surface area contributed by atoms with E-state index in [9.17, 15) is 9.59 Å². The number of nitrogens with zero attached hydrogens (tertiary/aromatic N) is 1. The molecule has 0 atom stereocenters. The molecule has 0 aliphatic carbocycles. The van der Waals surface area contributed by atoms with Gasteiger partial charge in [-0.15, -0.1) is 0 Å². The minimum Gasteiger partial charge on any atom is -0.339 e. The largest absolute Gasteiger partial charge is 0.339 e. The highest BCUT2D eigenvalue weighted by Gasteiger charge is 2.34. The molecule has 0 spiro atoms. The zero-order valence-corrected chi connectivity index (χ0v) is 25.2. The lowest BCUT2D eigenvalue weighted by atomic mass is 10.1. The van der Waals surface area contributed by atoms with Gasteiger partial charge < -0.3 is 4.74 Å². The van der Waals surface area contributed by atoms with Crippen LogP contribution in [0.25, 0.3) is 0 Å². The first-order chi connectivity index (χ1) is 10.6. The third-order valence-electron chi connectivity index (χ3n) is 2.27. The van der Waals surface area contributed by atoms with Crippen LogP contribution in [0.1, 0.15) is 26.5 Å². The van der Waals surface area contributed by atoms with Crippen LogP contribution in [-0.4, -0.2) is 23.2 Å². The van der Waals surface area contributed by atoms with E-state index in [2.05, 4.69) is 148 Å². The highest BCUT2D eigenvalue weighted by molar-refractivity contribution is 9.40. The summed E-state index contributed by atoms with van der Waals surface area (Å²) in [6, 6.07) is 2.93. The van der Waals surface area contributed by atoms with Crippen molar-refractivity contribution in [2.75, 3.05) is 0 Å². The molecule has 0 saturated carbocycles. The average Bonchev–Trinajstić information content (AvgIpc) is 2.40. The Hall–Kier alpha value is 2.77. The summed E-state index contributed by atoms with van der Waals surface area (Å²) in [4.78, 5) is 29.1. The molecule has 4 nitrogen and oxygen atoms in total. The van der Waals surface area contributed by atoms with E-state index in [-0.39, 0.29) is 23.6 Å². The molecule has 0 aliphatic rings. The van der Waals surface area contributed by atoms with Gasteiger partial charge in [0.15, 0.2) is 4.29 Å². The van der Waals surface area contributed by atoms with Gasteiger partial charge in [0, 0.05) is 5.56 Å². The van der Waals surface area contributed by atoms with E-state index in [1.54, 1.807) is 0 Å². The Labute approximate surface area is 213 Å². The molecule has 0 unspecified atom stereocenters. The van der Waals surface area contributed by atoms with Crippen LogP contribution in [0, 0.1) is 0 Å². The number of halogens is 9. The lowest BCUT2D eigenvalue weighted by Crippen LogP contribution is -2.23. The second kappa shape index (κ2) is 9.51. The maximum Gasteiger partial charge on any atom is 0.234 e. The summed E-state index contributed by atoms with van der Waals surface area (Å²) in [5.41, 5.74) is 0.727. The molecule has 0 N–H and O–H groups in total. The normalized spacial score (nSPS) is 13.0. The van der Waals surface area contributed by atoms with E-state index in [1.807, 2.05) is 0 Å². The highest BCUT2D eigenvalue weighted by Crippen LogP contribution is 2.40. The van der Waals surface area contributed by atoms with E-state index >= 15 is 0 Å². The Morgan fingerprint density at radius 1 is 0.875 bits per heavy atom. The van der Waals surface area contributed by atoms with Crippen LogP contribution in [0.2, 0.25) is 0 Å². The quantitative estimate of drug-likeness (QED) is 0.233. The fraction of sp³-hybridized carbons (Fsp3) is 0.364. The lowest BCUT2D eigenvalue weighted by molar-refractivity contribution is 0.100. The minimum atomic E-state index is -1.18. The fourth-order valence-corrected chi connectivity index (χ4v) is 3.01. The van der Waals surface area contributed by atoms with Gasteiger partial charge in [0.1, 0.15) is 5.69 Å². The molecular weight excluding hydrogens is 913 g/mol. The van der Waals surface area contributed by atoms with Crippen LogP contribution in [-0.2, 0) is 11.3 Å². The van der Waals surface area contributed by atoms with Crippen molar-refractivity contribution in [1.82, 2.24) is 4.98 Å². The maximum atomic E-state index is 12.5. The summed E-state index contributed by atoms with van der Waals surface area (Å²) < 4.78 is 2.18. The number of carbonyl (C=O) groups is 2. The first-order valence-electron chi connectivity index (χ1n) is 5.56. The third-order valence-corrected chi connectivity index (χ3v) is 5.12. The van der Waals surface area contributed by atoms with E-state index in [4.69, 9.17) is 4.74 Å². The van der Waals surface area contributed by atoms with Crippen LogP contribution in [0.3, 0.4) is 0 Å². The van der Waals surface area contributed by atoms with Crippen LogP contribution < -0.4 is 0 Å². The summed E-state index contributed by atoms with van der Waals surface area (Å²) in [5.74, 6) is -0.752. The number of pyridine rings is 1. The minimum absolute atomic E-state index is 0.0306.